The molecule has 1 N–H and O–H groups in total. The fraction of sp³-hybridized carbons (Fsp3) is 0.381. The van der Waals surface area contributed by atoms with Gasteiger partial charge in [-0.25, -0.2) is 8.42 Å². The Balaban J connectivity index is 1.76. The highest BCUT2D eigenvalue weighted by Crippen LogP contribution is 2.22. The van der Waals surface area contributed by atoms with Crippen molar-refractivity contribution in [2.45, 2.75) is 44.8 Å². The summed E-state index contributed by atoms with van der Waals surface area (Å²) in [6.45, 7) is 8.30. The lowest BCUT2D eigenvalue weighted by atomic mass is 10.1. The number of nitrogens with zero attached hydrogens (tertiary/aromatic N) is 1. The average molecular weight is 403 g/mol. The van der Waals surface area contributed by atoms with Crippen LogP contribution in [-0.2, 0) is 14.8 Å². The third kappa shape index (κ3) is 4.60. The van der Waals surface area contributed by atoms with Crippen LogP contribution in [0.5, 0.6) is 0 Å². The second kappa shape index (κ2) is 8.03. The van der Waals surface area contributed by atoms with Crippen molar-refractivity contribution in [2.24, 2.45) is 0 Å². The molecule has 0 radical (unpaired) electrons. The molecular weight excluding hydrogens is 376 g/mol. The molecule has 1 amide bonds. The van der Waals surface area contributed by atoms with Crippen molar-refractivity contribution in [3.8, 4) is 0 Å². The summed E-state index contributed by atoms with van der Waals surface area (Å²) in [5.41, 5.74) is 3.24. The Hall–Kier alpha value is -2.22. The monoisotopic (exact) mass is 402 g/mol. The number of hydrogen-bond donors (Lipinski definition) is 1. The highest BCUT2D eigenvalue weighted by atomic mass is 32.2. The van der Waals surface area contributed by atoms with Gasteiger partial charge in [-0.15, -0.1) is 0 Å². The van der Waals surface area contributed by atoms with E-state index in [2.05, 4.69) is 5.32 Å². The maximum Gasteiger partial charge on any atom is 0.255 e. The number of aryl methyl sites for hydroxylation is 2. The van der Waals surface area contributed by atoms with Crippen molar-refractivity contribution in [2.75, 3.05) is 18.4 Å². The molecule has 1 aliphatic heterocycles. The molecule has 2 atom stereocenters. The number of sulfonamides is 1. The van der Waals surface area contributed by atoms with Crippen molar-refractivity contribution < 1.29 is 17.9 Å². The van der Waals surface area contributed by atoms with Crippen LogP contribution in [0.2, 0.25) is 0 Å². The maximum atomic E-state index is 12.9. The Kier molecular flexibility index (Phi) is 5.88. The molecule has 1 heterocycles. The number of hydrogen-bond acceptors (Lipinski definition) is 4. The Morgan fingerprint density at radius 3 is 2.07 bits per heavy atom. The van der Waals surface area contributed by atoms with Crippen LogP contribution in [0.15, 0.2) is 47.4 Å². The molecule has 1 fully saturated rings. The number of nitrogens with one attached hydrogen (secondary N) is 1. The number of benzene rings is 2. The fourth-order valence-electron chi connectivity index (χ4n) is 3.50. The number of amides is 1. The first-order valence-corrected chi connectivity index (χ1v) is 10.7. The summed E-state index contributed by atoms with van der Waals surface area (Å²) in [6.07, 6.45) is -0.303. The Labute approximate surface area is 166 Å². The zero-order valence-corrected chi connectivity index (χ0v) is 17.4. The number of ether oxygens (including phenoxy) is 1. The number of rotatable bonds is 4. The Morgan fingerprint density at radius 1 is 1.00 bits per heavy atom. The highest BCUT2D eigenvalue weighted by molar-refractivity contribution is 7.89. The Bertz CT molecular complexity index is 940. The number of anilines is 1. The predicted molar refractivity (Wildman–Crippen MR) is 109 cm³/mol. The van der Waals surface area contributed by atoms with E-state index in [1.54, 1.807) is 0 Å². The molecule has 7 heteroatoms. The van der Waals surface area contributed by atoms with Crippen molar-refractivity contribution in [1.29, 1.82) is 0 Å². The van der Waals surface area contributed by atoms with Crippen LogP contribution in [0, 0.1) is 13.8 Å². The molecule has 0 aliphatic carbocycles. The Morgan fingerprint density at radius 2 is 1.54 bits per heavy atom. The van der Waals surface area contributed by atoms with Gasteiger partial charge in [-0.3, -0.25) is 4.79 Å². The lowest BCUT2D eigenvalue weighted by Gasteiger charge is -2.34. The molecule has 28 heavy (non-hydrogen) atoms. The van der Waals surface area contributed by atoms with E-state index >= 15 is 0 Å². The van der Waals surface area contributed by atoms with Crippen LogP contribution < -0.4 is 5.32 Å². The van der Waals surface area contributed by atoms with E-state index in [0.29, 0.717) is 18.7 Å². The van der Waals surface area contributed by atoms with Crippen molar-refractivity contribution in [3.63, 3.8) is 0 Å². The summed E-state index contributed by atoms with van der Waals surface area (Å²) >= 11 is 0. The molecule has 150 valence electrons. The van der Waals surface area contributed by atoms with Crippen LogP contribution in [-0.4, -0.2) is 43.9 Å². The van der Waals surface area contributed by atoms with Crippen LogP contribution in [0.25, 0.3) is 0 Å². The lowest BCUT2D eigenvalue weighted by molar-refractivity contribution is -0.0440. The first-order chi connectivity index (χ1) is 13.1. The van der Waals surface area contributed by atoms with E-state index in [-0.39, 0.29) is 23.0 Å². The van der Waals surface area contributed by atoms with Crippen LogP contribution in [0.4, 0.5) is 5.69 Å². The second-order valence-electron chi connectivity index (χ2n) is 7.43. The molecule has 0 saturated carbocycles. The molecule has 0 aromatic heterocycles. The fourth-order valence-corrected chi connectivity index (χ4v) is 5.09. The largest absolute Gasteiger partial charge is 0.373 e. The summed E-state index contributed by atoms with van der Waals surface area (Å²) in [5.74, 6) is -0.275. The molecule has 0 bridgehead atoms. The van der Waals surface area contributed by atoms with Gasteiger partial charge in [0, 0.05) is 24.3 Å². The van der Waals surface area contributed by atoms with E-state index in [9.17, 15) is 13.2 Å². The first kappa shape index (κ1) is 20.5. The van der Waals surface area contributed by atoms with Crippen LogP contribution in [0.3, 0.4) is 0 Å². The van der Waals surface area contributed by atoms with Crippen LogP contribution >= 0.6 is 0 Å². The molecule has 1 saturated heterocycles. The minimum Gasteiger partial charge on any atom is -0.373 e. The topological polar surface area (TPSA) is 75.7 Å². The third-order valence-electron chi connectivity index (χ3n) is 4.62. The molecule has 1 aliphatic rings. The van der Waals surface area contributed by atoms with Gasteiger partial charge >= 0.3 is 0 Å². The van der Waals surface area contributed by atoms with Gasteiger partial charge in [-0.05, 0) is 75.2 Å². The minimum atomic E-state index is -3.62. The number of carbonyl (C=O) groups is 1. The summed E-state index contributed by atoms with van der Waals surface area (Å²) < 4.78 is 32.8. The van der Waals surface area contributed by atoms with E-state index in [1.165, 1.54) is 28.6 Å². The minimum absolute atomic E-state index is 0.152. The van der Waals surface area contributed by atoms with Gasteiger partial charge in [0.25, 0.3) is 5.91 Å². The zero-order chi connectivity index (χ0) is 20.5. The molecule has 2 aromatic rings. The van der Waals surface area contributed by atoms with E-state index in [1.807, 2.05) is 45.9 Å². The first-order valence-electron chi connectivity index (χ1n) is 9.30. The molecular formula is C21H26N2O4S. The van der Waals surface area contributed by atoms with Crippen molar-refractivity contribution in [1.82, 2.24) is 4.31 Å². The second-order valence-corrected chi connectivity index (χ2v) is 9.37. The summed E-state index contributed by atoms with van der Waals surface area (Å²) in [4.78, 5) is 12.7. The van der Waals surface area contributed by atoms with Gasteiger partial charge in [0.2, 0.25) is 10.0 Å². The average Bonchev–Trinajstić information content (AvgIpc) is 2.60. The van der Waals surface area contributed by atoms with Gasteiger partial charge < -0.3 is 10.1 Å². The summed E-state index contributed by atoms with van der Waals surface area (Å²) in [6, 6.07) is 11.9. The molecule has 0 unspecified atom stereocenters. The van der Waals surface area contributed by atoms with E-state index in [4.69, 9.17) is 4.74 Å². The predicted octanol–water partition coefficient (Wildman–Crippen LogP) is 3.35. The maximum absolute atomic E-state index is 12.9. The number of carbonyl (C=O) groups excluding carboxylic acids is 1. The molecule has 0 spiro atoms. The standard InChI is InChI=1S/C21H26N2O4S/c1-14-9-15(2)11-19(10-14)22-21(24)18-5-7-20(8-6-18)28(25,26)23-12-16(3)27-17(4)13-23/h5-11,16-17H,12-13H2,1-4H3,(H,22,24)/t16-,17-/m1/s1. The molecule has 6 nitrogen and oxygen atoms in total. The smallest absolute Gasteiger partial charge is 0.255 e. The summed E-state index contributed by atoms with van der Waals surface area (Å²) in [7, 11) is -3.62. The normalized spacial score (nSPS) is 20.7. The lowest BCUT2D eigenvalue weighted by Crippen LogP contribution is -2.48. The SMILES string of the molecule is Cc1cc(C)cc(NC(=O)c2ccc(S(=O)(=O)N3C[C@@H](C)O[C@H](C)C3)cc2)c1. The van der Waals surface area contributed by atoms with Gasteiger partial charge in [-0.1, -0.05) is 6.07 Å². The van der Waals surface area contributed by atoms with Crippen LogP contribution in [0.1, 0.15) is 35.3 Å². The number of morpholine rings is 1. The quantitative estimate of drug-likeness (QED) is 0.851. The van der Waals surface area contributed by atoms with E-state index in [0.717, 1.165) is 16.8 Å². The van der Waals surface area contributed by atoms with Gasteiger partial charge in [0.15, 0.2) is 0 Å². The third-order valence-corrected chi connectivity index (χ3v) is 6.47. The summed E-state index contributed by atoms with van der Waals surface area (Å²) in [5, 5.41) is 2.86. The van der Waals surface area contributed by atoms with E-state index < -0.39 is 10.0 Å². The van der Waals surface area contributed by atoms with Gasteiger partial charge in [-0.2, -0.15) is 4.31 Å². The van der Waals surface area contributed by atoms with Gasteiger partial charge in [0.05, 0.1) is 17.1 Å². The molecule has 3 rings (SSSR count). The molecule has 2 aromatic carbocycles. The van der Waals surface area contributed by atoms with Crippen molar-refractivity contribution >= 4 is 21.6 Å². The zero-order valence-electron chi connectivity index (χ0n) is 16.6. The van der Waals surface area contributed by atoms with Crippen molar-refractivity contribution in [3.05, 3.63) is 59.2 Å². The van der Waals surface area contributed by atoms with Gasteiger partial charge in [0.1, 0.15) is 0 Å². The highest BCUT2D eigenvalue weighted by Gasteiger charge is 2.32.